The Labute approximate surface area is 117 Å². The molecule has 102 valence electrons. The van der Waals surface area contributed by atoms with E-state index in [-0.39, 0.29) is 5.56 Å². The Hall–Kier alpha value is -1.48. The van der Waals surface area contributed by atoms with Crippen molar-refractivity contribution in [1.29, 1.82) is 0 Å². The standard InChI is InChI=1S/C15H18ClNO2/c1-4-7-17-12-6-5-10(9(2)3)8-11(12)13(14(17)16)15(18)19/h5-6,8-9H,4,7H2,1-3H3,(H,18,19). The fourth-order valence-corrected chi connectivity index (χ4v) is 2.70. The zero-order valence-electron chi connectivity index (χ0n) is 11.4. The van der Waals surface area contributed by atoms with Crippen molar-refractivity contribution in [2.45, 2.75) is 39.7 Å². The molecular weight excluding hydrogens is 262 g/mol. The molecule has 0 fully saturated rings. The molecule has 3 nitrogen and oxygen atoms in total. The van der Waals surface area contributed by atoms with Gasteiger partial charge in [-0.3, -0.25) is 0 Å². The van der Waals surface area contributed by atoms with Crippen molar-refractivity contribution in [1.82, 2.24) is 4.57 Å². The Morgan fingerprint density at radius 1 is 1.42 bits per heavy atom. The topological polar surface area (TPSA) is 42.2 Å². The first-order valence-corrected chi connectivity index (χ1v) is 6.90. The van der Waals surface area contributed by atoms with Gasteiger partial charge in [0, 0.05) is 11.9 Å². The van der Waals surface area contributed by atoms with Crippen LogP contribution in [0.5, 0.6) is 0 Å². The van der Waals surface area contributed by atoms with E-state index in [1.54, 1.807) is 0 Å². The summed E-state index contributed by atoms with van der Waals surface area (Å²) in [4.78, 5) is 11.4. The molecule has 0 saturated carbocycles. The summed E-state index contributed by atoms with van der Waals surface area (Å²) in [5, 5.41) is 10.4. The van der Waals surface area contributed by atoms with Crippen LogP contribution in [-0.4, -0.2) is 15.6 Å². The molecule has 1 aromatic heterocycles. The molecular formula is C15H18ClNO2. The zero-order valence-corrected chi connectivity index (χ0v) is 12.2. The maximum Gasteiger partial charge on any atom is 0.339 e. The van der Waals surface area contributed by atoms with Gasteiger partial charge in [0.15, 0.2) is 0 Å². The summed E-state index contributed by atoms with van der Waals surface area (Å²) in [5.41, 5.74) is 2.24. The number of aromatic carboxylic acids is 1. The van der Waals surface area contributed by atoms with E-state index in [4.69, 9.17) is 11.6 Å². The number of carboxylic acid groups (broad SMARTS) is 1. The average Bonchev–Trinajstić information content (AvgIpc) is 2.62. The SMILES string of the molecule is CCCn1c(Cl)c(C(=O)O)c2cc(C(C)C)ccc21. The monoisotopic (exact) mass is 279 g/mol. The highest BCUT2D eigenvalue weighted by Crippen LogP contribution is 2.32. The van der Waals surface area contributed by atoms with Crippen molar-refractivity contribution in [2.24, 2.45) is 0 Å². The normalized spacial score (nSPS) is 11.4. The molecule has 0 radical (unpaired) electrons. The highest BCUT2D eigenvalue weighted by Gasteiger charge is 2.21. The van der Waals surface area contributed by atoms with Crippen molar-refractivity contribution in [3.63, 3.8) is 0 Å². The minimum atomic E-state index is -0.967. The van der Waals surface area contributed by atoms with Crippen LogP contribution < -0.4 is 0 Å². The van der Waals surface area contributed by atoms with Crippen molar-refractivity contribution >= 4 is 28.5 Å². The molecule has 0 aliphatic carbocycles. The Morgan fingerprint density at radius 3 is 2.63 bits per heavy atom. The van der Waals surface area contributed by atoms with E-state index in [9.17, 15) is 9.90 Å². The van der Waals surface area contributed by atoms with Crippen LogP contribution >= 0.6 is 11.6 Å². The lowest BCUT2D eigenvalue weighted by Gasteiger charge is -2.07. The second-order valence-electron chi connectivity index (χ2n) is 5.05. The van der Waals surface area contributed by atoms with Crippen molar-refractivity contribution in [2.75, 3.05) is 0 Å². The number of aryl methyl sites for hydroxylation is 1. The van der Waals surface area contributed by atoms with Gasteiger partial charge in [-0.2, -0.15) is 0 Å². The number of hydrogen-bond acceptors (Lipinski definition) is 1. The van der Waals surface area contributed by atoms with Gasteiger partial charge in [-0.25, -0.2) is 4.79 Å². The number of carboxylic acids is 1. The summed E-state index contributed by atoms with van der Waals surface area (Å²) in [6.07, 6.45) is 0.911. The summed E-state index contributed by atoms with van der Waals surface area (Å²) >= 11 is 6.24. The van der Waals surface area contributed by atoms with E-state index < -0.39 is 5.97 Å². The van der Waals surface area contributed by atoms with Gasteiger partial charge in [0.25, 0.3) is 0 Å². The van der Waals surface area contributed by atoms with Crippen LogP contribution in [0.2, 0.25) is 5.15 Å². The van der Waals surface area contributed by atoms with Crippen molar-refractivity contribution in [3.05, 3.63) is 34.5 Å². The number of benzene rings is 1. The van der Waals surface area contributed by atoms with Crippen LogP contribution in [0.15, 0.2) is 18.2 Å². The van der Waals surface area contributed by atoms with Gasteiger partial charge >= 0.3 is 5.97 Å². The molecule has 0 saturated heterocycles. The van der Waals surface area contributed by atoms with Gasteiger partial charge in [0.2, 0.25) is 0 Å². The number of hydrogen-bond donors (Lipinski definition) is 1. The van der Waals surface area contributed by atoms with Crippen LogP contribution in [-0.2, 0) is 6.54 Å². The Kier molecular flexibility index (Phi) is 3.85. The van der Waals surface area contributed by atoms with Crippen molar-refractivity contribution in [3.8, 4) is 0 Å². The van der Waals surface area contributed by atoms with E-state index in [2.05, 4.69) is 13.8 Å². The highest BCUT2D eigenvalue weighted by molar-refractivity contribution is 6.35. The van der Waals surface area contributed by atoms with E-state index in [1.807, 2.05) is 29.7 Å². The first-order valence-electron chi connectivity index (χ1n) is 6.52. The predicted molar refractivity (Wildman–Crippen MR) is 78.3 cm³/mol. The Balaban J connectivity index is 2.78. The molecule has 0 aliphatic heterocycles. The fraction of sp³-hybridized carbons (Fsp3) is 0.400. The van der Waals surface area contributed by atoms with E-state index in [0.717, 1.165) is 29.4 Å². The number of rotatable bonds is 4. The highest BCUT2D eigenvalue weighted by atomic mass is 35.5. The summed E-state index contributed by atoms with van der Waals surface area (Å²) in [7, 11) is 0. The minimum absolute atomic E-state index is 0.215. The third kappa shape index (κ3) is 2.35. The van der Waals surface area contributed by atoms with Crippen molar-refractivity contribution < 1.29 is 9.90 Å². The molecule has 19 heavy (non-hydrogen) atoms. The second kappa shape index (κ2) is 5.25. The lowest BCUT2D eigenvalue weighted by Crippen LogP contribution is -1.99. The van der Waals surface area contributed by atoms with Gasteiger partial charge in [0.1, 0.15) is 10.7 Å². The molecule has 1 aromatic carbocycles. The largest absolute Gasteiger partial charge is 0.478 e. The number of nitrogens with zero attached hydrogens (tertiary/aromatic N) is 1. The number of aromatic nitrogens is 1. The smallest absolute Gasteiger partial charge is 0.339 e. The maximum atomic E-state index is 11.4. The lowest BCUT2D eigenvalue weighted by atomic mass is 10.0. The molecule has 0 amide bonds. The zero-order chi connectivity index (χ0) is 14.2. The molecule has 0 atom stereocenters. The Bertz CT molecular complexity index is 629. The molecule has 1 N–H and O–H groups in total. The molecule has 2 aromatic rings. The van der Waals surface area contributed by atoms with Gasteiger partial charge in [-0.05, 0) is 30.0 Å². The molecule has 0 unspecified atom stereocenters. The number of halogens is 1. The Morgan fingerprint density at radius 2 is 2.11 bits per heavy atom. The third-order valence-electron chi connectivity index (χ3n) is 3.35. The van der Waals surface area contributed by atoms with Crippen LogP contribution in [0.25, 0.3) is 10.9 Å². The molecule has 1 heterocycles. The van der Waals surface area contributed by atoms with E-state index in [0.29, 0.717) is 11.1 Å². The molecule has 0 spiro atoms. The molecule has 0 bridgehead atoms. The molecule has 4 heteroatoms. The van der Waals surface area contributed by atoms with Gasteiger partial charge < -0.3 is 9.67 Å². The van der Waals surface area contributed by atoms with Crippen LogP contribution in [0.4, 0.5) is 0 Å². The van der Waals surface area contributed by atoms with Gasteiger partial charge in [-0.15, -0.1) is 0 Å². The summed E-state index contributed by atoms with van der Waals surface area (Å²) in [5.74, 6) is -0.606. The number of carbonyl (C=O) groups is 1. The minimum Gasteiger partial charge on any atom is -0.478 e. The van der Waals surface area contributed by atoms with E-state index >= 15 is 0 Å². The average molecular weight is 280 g/mol. The predicted octanol–water partition coefficient (Wildman–Crippen LogP) is 4.53. The number of fused-ring (bicyclic) bond motifs is 1. The maximum absolute atomic E-state index is 11.4. The van der Waals surface area contributed by atoms with Gasteiger partial charge in [0.05, 0.1) is 5.52 Å². The third-order valence-corrected chi connectivity index (χ3v) is 3.74. The van der Waals surface area contributed by atoms with Crippen LogP contribution in [0, 0.1) is 0 Å². The quantitative estimate of drug-likeness (QED) is 0.894. The molecule has 0 aliphatic rings. The van der Waals surface area contributed by atoms with E-state index in [1.165, 1.54) is 0 Å². The summed E-state index contributed by atoms with van der Waals surface area (Å²) in [6, 6.07) is 5.96. The first-order chi connectivity index (χ1) is 8.97. The van der Waals surface area contributed by atoms with Crippen LogP contribution in [0.1, 0.15) is 49.0 Å². The van der Waals surface area contributed by atoms with Gasteiger partial charge in [-0.1, -0.05) is 38.4 Å². The molecule has 2 rings (SSSR count). The first kappa shape index (κ1) is 13.9. The lowest BCUT2D eigenvalue weighted by molar-refractivity contribution is 0.0699. The summed E-state index contributed by atoms with van der Waals surface area (Å²) in [6.45, 7) is 6.95. The fourth-order valence-electron chi connectivity index (χ4n) is 2.35. The second-order valence-corrected chi connectivity index (χ2v) is 5.41. The summed E-state index contributed by atoms with van der Waals surface area (Å²) < 4.78 is 1.88. The van der Waals surface area contributed by atoms with Crippen LogP contribution in [0.3, 0.4) is 0 Å².